The minimum Gasteiger partial charge on any atom is -0.314 e. The fourth-order valence-electron chi connectivity index (χ4n) is 3.02. The first-order chi connectivity index (χ1) is 8.41. The summed E-state index contributed by atoms with van der Waals surface area (Å²) in [4.78, 5) is 0. The second-order valence-electron chi connectivity index (χ2n) is 5.99. The smallest absolute Gasteiger partial charge is 0.126 e. The lowest BCUT2D eigenvalue weighted by atomic mass is 9.59. The van der Waals surface area contributed by atoms with E-state index in [-0.39, 0.29) is 5.41 Å². The molecule has 0 aliphatic heterocycles. The Labute approximate surface area is 108 Å². The molecule has 0 heterocycles. The number of benzene rings is 1. The molecule has 1 saturated carbocycles. The van der Waals surface area contributed by atoms with E-state index >= 15 is 0 Å². The highest BCUT2D eigenvalue weighted by Crippen LogP contribution is 2.47. The van der Waals surface area contributed by atoms with Gasteiger partial charge in [0.2, 0.25) is 0 Å². The molecule has 0 radical (unpaired) electrons. The Morgan fingerprint density at radius 3 is 2.22 bits per heavy atom. The van der Waals surface area contributed by atoms with Gasteiger partial charge >= 0.3 is 0 Å². The maximum absolute atomic E-state index is 13.4. The molecule has 1 fully saturated rings. The van der Waals surface area contributed by atoms with E-state index in [0.29, 0.717) is 12.0 Å². The quantitative estimate of drug-likeness (QED) is 0.864. The van der Waals surface area contributed by atoms with Crippen molar-refractivity contribution in [2.24, 2.45) is 5.92 Å². The first kappa shape index (κ1) is 13.5. The minimum atomic E-state index is -0.478. The van der Waals surface area contributed by atoms with Crippen molar-refractivity contribution in [2.45, 2.75) is 45.1 Å². The summed E-state index contributed by atoms with van der Waals surface area (Å²) in [5.74, 6) is -0.327. The van der Waals surface area contributed by atoms with E-state index in [2.05, 4.69) is 26.1 Å². The third kappa shape index (κ3) is 2.72. The summed E-state index contributed by atoms with van der Waals surface area (Å²) in [6.07, 6.45) is 1.99. The molecule has 0 aromatic heterocycles. The molecule has 2 rings (SSSR count). The molecular formula is C15H21F2N. The van der Waals surface area contributed by atoms with Crippen LogP contribution in [-0.4, -0.2) is 12.6 Å². The fourth-order valence-corrected chi connectivity index (χ4v) is 3.02. The van der Waals surface area contributed by atoms with Gasteiger partial charge in [0.25, 0.3) is 0 Å². The van der Waals surface area contributed by atoms with Gasteiger partial charge in [0.1, 0.15) is 11.6 Å². The first-order valence-electron chi connectivity index (χ1n) is 6.61. The van der Waals surface area contributed by atoms with Crippen LogP contribution in [0.1, 0.15) is 39.2 Å². The van der Waals surface area contributed by atoms with Crippen LogP contribution in [0.4, 0.5) is 8.78 Å². The number of halogens is 2. The van der Waals surface area contributed by atoms with Crippen LogP contribution in [-0.2, 0) is 5.41 Å². The lowest BCUT2D eigenvalue weighted by Crippen LogP contribution is -2.49. The van der Waals surface area contributed by atoms with Gasteiger partial charge in [0.15, 0.2) is 0 Å². The molecule has 1 nitrogen and oxygen atoms in total. The molecule has 0 atom stereocenters. The van der Waals surface area contributed by atoms with Gasteiger partial charge in [-0.1, -0.05) is 20.8 Å². The molecule has 1 aliphatic carbocycles. The van der Waals surface area contributed by atoms with Gasteiger partial charge in [-0.2, -0.15) is 0 Å². The Morgan fingerprint density at radius 1 is 1.22 bits per heavy atom. The number of nitrogens with one attached hydrogen (secondary N) is 1. The Bertz CT molecular complexity index is 402. The molecule has 100 valence electrons. The maximum Gasteiger partial charge on any atom is 0.126 e. The second-order valence-corrected chi connectivity index (χ2v) is 5.99. The van der Waals surface area contributed by atoms with Gasteiger partial charge < -0.3 is 5.32 Å². The van der Waals surface area contributed by atoms with Crippen molar-refractivity contribution in [1.82, 2.24) is 5.32 Å². The number of rotatable bonds is 4. The highest BCUT2D eigenvalue weighted by atomic mass is 19.1. The van der Waals surface area contributed by atoms with E-state index in [0.717, 1.165) is 31.0 Å². The summed E-state index contributed by atoms with van der Waals surface area (Å²) in [5.41, 5.74) is 0.707. The standard InChI is InChI=1S/C15H21F2N/c1-10(2)18-9-15(7-11(3)8-15)12-4-13(16)6-14(17)5-12/h4-6,10-11,18H,7-9H2,1-3H3. The van der Waals surface area contributed by atoms with Gasteiger partial charge in [-0.3, -0.25) is 0 Å². The number of hydrogen-bond donors (Lipinski definition) is 1. The zero-order valence-electron chi connectivity index (χ0n) is 11.3. The topological polar surface area (TPSA) is 12.0 Å². The highest BCUT2D eigenvalue weighted by molar-refractivity contribution is 5.30. The predicted molar refractivity (Wildman–Crippen MR) is 69.6 cm³/mol. The molecule has 3 heteroatoms. The highest BCUT2D eigenvalue weighted by Gasteiger charge is 2.43. The third-order valence-corrected chi connectivity index (χ3v) is 3.80. The molecule has 1 aromatic rings. The molecule has 0 bridgehead atoms. The van der Waals surface area contributed by atoms with Crippen LogP contribution in [0.15, 0.2) is 18.2 Å². The summed E-state index contributed by atoms with van der Waals surface area (Å²) in [6, 6.07) is 4.29. The van der Waals surface area contributed by atoms with Crippen LogP contribution in [0.2, 0.25) is 0 Å². The van der Waals surface area contributed by atoms with E-state index < -0.39 is 11.6 Å². The average Bonchev–Trinajstić information content (AvgIpc) is 2.21. The Hall–Kier alpha value is -0.960. The van der Waals surface area contributed by atoms with Crippen LogP contribution in [0.25, 0.3) is 0 Å². The van der Waals surface area contributed by atoms with Gasteiger partial charge in [-0.25, -0.2) is 8.78 Å². The molecule has 0 unspecified atom stereocenters. The van der Waals surface area contributed by atoms with Gasteiger partial charge in [0.05, 0.1) is 0 Å². The molecule has 1 N–H and O–H groups in total. The van der Waals surface area contributed by atoms with Crippen LogP contribution >= 0.6 is 0 Å². The number of hydrogen-bond acceptors (Lipinski definition) is 1. The molecule has 1 aliphatic rings. The predicted octanol–water partition coefficient (Wildman–Crippen LogP) is 3.63. The van der Waals surface area contributed by atoms with Crippen molar-refractivity contribution in [2.75, 3.05) is 6.54 Å². The summed E-state index contributed by atoms with van der Waals surface area (Å²) in [7, 11) is 0. The average molecular weight is 253 g/mol. The summed E-state index contributed by atoms with van der Waals surface area (Å²) < 4.78 is 26.7. The molecule has 1 aromatic carbocycles. The molecule has 0 saturated heterocycles. The molecule has 0 spiro atoms. The van der Waals surface area contributed by atoms with Gasteiger partial charge in [-0.15, -0.1) is 0 Å². The first-order valence-corrected chi connectivity index (χ1v) is 6.61. The normalized spacial score (nSPS) is 27.3. The largest absolute Gasteiger partial charge is 0.314 e. The minimum absolute atomic E-state index is 0.0906. The van der Waals surface area contributed by atoms with Gasteiger partial charge in [-0.05, 0) is 36.5 Å². The van der Waals surface area contributed by atoms with E-state index in [1.54, 1.807) is 0 Å². The SMILES string of the molecule is CC1CC(CNC(C)C)(c2cc(F)cc(F)c2)C1. The Kier molecular flexibility index (Phi) is 3.71. The zero-order valence-corrected chi connectivity index (χ0v) is 11.3. The lowest BCUT2D eigenvalue weighted by molar-refractivity contribution is 0.148. The Balaban J connectivity index is 2.24. The summed E-state index contributed by atoms with van der Waals surface area (Å²) in [5, 5.41) is 3.40. The summed E-state index contributed by atoms with van der Waals surface area (Å²) >= 11 is 0. The van der Waals surface area contributed by atoms with Crippen LogP contribution < -0.4 is 5.32 Å². The van der Waals surface area contributed by atoms with Crippen molar-refractivity contribution < 1.29 is 8.78 Å². The van der Waals surface area contributed by atoms with Crippen molar-refractivity contribution in [3.63, 3.8) is 0 Å². The lowest BCUT2D eigenvalue weighted by Gasteiger charge is -2.47. The van der Waals surface area contributed by atoms with Crippen molar-refractivity contribution in [3.05, 3.63) is 35.4 Å². The molecular weight excluding hydrogens is 232 g/mol. The van der Waals surface area contributed by atoms with E-state index in [1.165, 1.54) is 12.1 Å². The molecule has 0 amide bonds. The van der Waals surface area contributed by atoms with Crippen molar-refractivity contribution in [1.29, 1.82) is 0 Å². The molecule has 18 heavy (non-hydrogen) atoms. The van der Waals surface area contributed by atoms with E-state index in [1.807, 2.05) is 0 Å². The van der Waals surface area contributed by atoms with E-state index in [4.69, 9.17) is 0 Å². The second kappa shape index (κ2) is 4.96. The Morgan fingerprint density at radius 2 is 1.78 bits per heavy atom. The van der Waals surface area contributed by atoms with E-state index in [9.17, 15) is 8.78 Å². The van der Waals surface area contributed by atoms with Crippen LogP contribution in [0.3, 0.4) is 0 Å². The van der Waals surface area contributed by atoms with Crippen LogP contribution in [0.5, 0.6) is 0 Å². The zero-order chi connectivity index (χ0) is 13.3. The monoisotopic (exact) mass is 253 g/mol. The van der Waals surface area contributed by atoms with Gasteiger partial charge in [0, 0.05) is 24.1 Å². The van der Waals surface area contributed by atoms with Crippen molar-refractivity contribution >= 4 is 0 Å². The third-order valence-electron chi connectivity index (χ3n) is 3.80. The van der Waals surface area contributed by atoms with Crippen LogP contribution in [0, 0.1) is 17.6 Å². The van der Waals surface area contributed by atoms with Crippen molar-refractivity contribution in [3.8, 4) is 0 Å². The summed E-state index contributed by atoms with van der Waals surface area (Å²) in [6.45, 7) is 7.14. The fraction of sp³-hybridized carbons (Fsp3) is 0.600. The maximum atomic E-state index is 13.4.